The van der Waals surface area contributed by atoms with E-state index in [0.717, 1.165) is 13.0 Å². The maximum absolute atomic E-state index is 11.4. The molecule has 0 aliphatic carbocycles. The van der Waals surface area contributed by atoms with Crippen molar-refractivity contribution >= 4 is 11.9 Å². The highest BCUT2D eigenvalue weighted by Gasteiger charge is 2.28. The molecule has 0 aromatic carbocycles. The molecule has 1 atom stereocenters. The van der Waals surface area contributed by atoms with Gasteiger partial charge in [-0.15, -0.1) is 0 Å². The third kappa shape index (κ3) is 3.49. The van der Waals surface area contributed by atoms with Gasteiger partial charge in [0.2, 0.25) is 5.91 Å². The van der Waals surface area contributed by atoms with Crippen LogP contribution in [0.2, 0.25) is 0 Å². The summed E-state index contributed by atoms with van der Waals surface area (Å²) < 4.78 is 0. The van der Waals surface area contributed by atoms with Gasteiger partial charge in [0.15, 0.2) is 0 Å². The van der Waals surface area contributed by atoms with Crippen molar-refractivity contribution < 1.29 is 14.4 Å². The topological polar surface area (TPSA) is 84.7 Å². The van der Waals surface area contributed by atoms with Crippen molar-refractivity contribution in [3.05, 3.63) is 0 Å². The molecule has 0 radical (unpaired) electrons. The van der Waals surface area contributed by atoms with E-state index in [4.69, 9.17) is 5.84 Å². The van der Waals surface area contributed by atoms with Crippen molar-refractivity contribution in [2.24, 2.45) is 11.8 Å². The van der Waals surface area contributed by atoms with E-state index in [2.05, 4.69) is 11.8 Å². The van der Waals surface area contributed by atoms with E-state index in [9.17, 15) is 9.59 Å². The zero-order valence-electron chi connectivity index (χ0n) is 8.86. The summed E-state index contributed by atoms with van der Waals surface area (Å²) in [6, 6.07) is 0. The Morgan fingerprint density at radius 1 is 1.73 bits per heavy atom. The van der Waals surface area contributed by atoms with Gasteiger partial charge in [0.05, 0.1) is 6.42 Å². The summed E-state index contributed by atoms with van der Waals surface area (Å²) in [4.78, 5) is 28.4. The number of likely N-dealkylation sites (tertiary alicyclic amines) is 1. The van der Waals surface area contributed by atoms with Crippen LogP contribution in [-0.2, 0) is 14.4 Å². The fourth-order valence-corrected chi connectivity index (χ4v) is 1.69. The maximum atomic E-state index is 11.4. The summed E-state index contributed by atoms with van der Waals surface area (Å²) in [5.41, 5.74) is 1.82. The van der Waals surface area contributed by atoms with Gasteiger partial charge in [-0.2, -0.15) is 0 Å². The lowest BCUT2D eigenvalue weighted by molar-refractivity contribution is -0.151. The highest BCUT2D eigenvalue weighted by molar-refractivity contribution is 5.79. The number of carbonyl (C=O) groups excluding carboxylic acids is 2. The van der Waals surface area contributed by atoms with Crippen LogP contribution in [0.1, 0.15) is 26.2 Å². The standard InChI is InChI=1S/C9H17N3O3/c1-2-7-5-8(13)12(6-7)4-3-9(14)15-11-10/h7,11H,2-6,10H2,1H3. The number of nitrogens with one attached hydrogen (secondary N) is 1. The predicted octanol–water partition coefficient (Wildman–Crippen LogP) is -0.443. The largest absolute Gasteiger partial charge is 0.356 e. The van der Waals surface area contributed by atoms with Crippen LogP contribution < -0.4 is 11.4 Å². The molecule has 6 heteroatoms. The van der Waals surface area contributed by atoms with E-state index < -0.39 is 5.97 Å². The van der Waals surface area contributed by atoms with Crippen molar-refractivity contribution in [1.82, 2.24) is 10.5 Å². The van der Waals surface area contributed by atoms with Crippen molar-refractivity contribution in [1.29, 1.82) is 0 Å². The Kier molecular flexibility index (Phi) is 4.51. The Morgan fingerprint density at radius 2 is 2.47 bits per heavy atom. The zero-order valence-corrected chi connectivity index (χ0v) is 8.86. The number of hydrogen-bond acceptors (Lipinski definition) is 5. The number of carbonyl (C=O) groups is 2. The van der Waals surface area contributed by atoms with Gasteiger partial charge in [0.1, 0.15) is 0 Å². The molecule has 86 valence electrons. The number of nitrogens with zero attached hydrogens (tertiary/aromatic N) is 1. The highest BCUT2D eigenvalue weighted by Crippen LogP contribution is 2.20. The molecule has 1 saturated heterocycles. The molecule has 1 aliphatic rings. The maximum Gasteiger partial charge on any atom is 0.328 e. The Hall–Kier alpha value is -1.14. The summed E-state index contributed by atoms with van der Waals surface area (Å²) in [7, 11) is 0. The van der Waals surface area contributed by atoms with Gasteiger partial charge >= 0.3 is 5.97 Å². The third-order valence-corrected chi connectivity index (χ3v) is 2.63. The Balaban J connectivity index is 2.27. The van der Waals surface area contributed by atoms with Crippen LogP contribution in [0.3, 0.4) is 0 Å². The molecule has 1 amide bonds. The number of hydrazine groups is 1. The summed E-state index contributed by atoms with van der Waals surface area (Å²) in [5, 5.41) is 0. The molecule has 0 saturated carbocycles. The molecule has 0 spiro atoms. The highest BCUT2D eigenvalue weighted by atomic mass is 16.7. The first-order chi connectivity index (χ1) is 7.17. The van der Waals surface area contributed by atoms with Crippen molar-refractivity contribution in [3.8, 4) is 0 Å². The molecule has 1 rings (SSSR count). The first-order valence-electron chi connectivity index (χ1n) is 5.10. The predicted molar refractivity (Wildman–Crippen MR) is 53.0 cm³/mol. The lowest BCUT2D eigenvalue weighted by atomic mass is 10.1. The smallest absolute Gasteiger partial charge is 0.328 e. The van der Waals surface area contributed by atoms with Gasteiger partial charge in [0, 0.05) is 19.5 Å². The van der Waals surface area contributed by atoms with Crippen LogP contribution in [0.4, 0.5) is 0 Å². The molecular formula is C9H17N3O3. The molecule has 1 aliphatic heterocycles. The van der Waals surface area contributed by atoms with E-state index in [0.29, 0.717) is 18.9 Å². The van der Waals surface area contributed by atoms with Crippen LogP contribution in [-0.4, -0.2) is 29.9 Å². The lowest BCUT2D eigenvalue weighted by Crippen LogP contribution is -2.31. The molecule has 0 aromatic rings. The number of rotatable bonds is 5. The SMILES string of the molecule is CCC1CC(=O)N(CCC(=O)ONN)C1. The van der Waals surface area contributed by atoms with Crippen LogP contribution in [0.25, 0.3) is 0 Å². The van der Waals surface area contributed by atoms with Crippen molar-refractivity contribution in [3.63, 3.8) is 0 Å². The first kappa shape index (κ1) is 11.9. The Bertz CT molecular complexity index is 245. The molecule has 1 unspecified atom stereocenters. The fourth-order valence-electron chi connectivity index (χ4n) is 1.69. The summed E-state index contributed by atoms with van der Waals surface area (Å²) >= 11 is 0. The van der Waals surface area contributed by atoms with Gasteiger partial charge in [-0.25, -0.2) is 5.84 Å². The monoisotopic (exact) mass is 215 g/mol. The molecule has 15 heavy (non-hydrogen) atoms. The van der Waals surface area contributed by atoms with Crippen LogP contribution in [0.5, 0.6) is 0 Å². The quantitative estimate of drug-likeness (QED) is 0.479. The van der Waals surface area contributed by atoms with Gasteiger partial charge in [-0.05, 0) is 5.92 Å². The van der Waals surface area contributed by atoms with E-state index >= 15 is 0 Å². The van der Waals surface area contributed by atoms with Gasteiger partial charge < -0.3 is 9.74 Å². The summed E-state index contributed by atoms with van der Waals surface area (Å²) in [6.45, 7) is 3.22. The average Bonchev–Trinajstić information content (AvgIpc) is 2.57. The Morgan fingerprint density at radius 3 is 3.00 bits per heavy atom. The minimum Gasteiger partial charge on any atom is -0.356 e. The second kappa shape index (κ2) is 5.67. The second-order valence-corrected chi connectivity index (χ2v) is 3.66. The van der Waals surface area contributed by atoms with Gasteiger partial charge in [-0.1, -0.05) is 18.9 Å². The average molecular weight is 215 g/mol. The fraction of sp³-hybridized carbons (Fsp3) is 0.778. The molecule has 1 heterocycles. The lowest BCUT2D eigenvalue weighted by Gasteiger charge is -2.15. The van der Waals surface area contributed by atoms with Crippen LogP contribution >= 0.6 is 0 Å². The first-order valence-corrected chi connectivity index (χ1v) is 5.10. The molecule has 3 N–H and O–H groups in total. The van der Waals surface area contributed by atoms with Gasteiger partial charge in [-0.3, -0.25) is 9.59 Å². The number of hydrogen-bond donors (Lipinski definition) is 2. The normalized spacial score (nSPS) is 20.8. The zero-order chi connectivity index (χ0) is 11.3. The molecule has 6 nitrogen and oxygen atoms in total. The summed E-state index contributed by atoms with van der Waals surface area (Å²) in [6.07, 6.45) is 1.77. The van der Waals surface area contributed by atoms with Gasteiger partial charge in [0.25, 0.3) is 0 Å². The van der Waals surface area contributed by atoms with Crippen LogP contribution in [0.15, 0.2) is 0 Å². The van der Waals surface area contributed by atoms with E-state index in [1.165, 1.54) is 0 Å². The summed E-state index contributed by atoms with van der Waals surface area (Å²) in [5.74, 6) is 4.91. The minimum absolute atomic E-state index is 0.121. The van der Waals surface area contributed by atoms with E-state index in [1.807, 2.05) is 5.59 Å². The number of amides is 1. The second-order valence-electron chi connectivity index (χ2n) is 3.66. The molecular weight excluding hydrogens is 198 g/mol. The van der Waals surface area contributed by atoms with Crippen molar-refractivity contribution in [2.75, 3.05) is 13.1 Å². The Labute approximate surface area is 88.7 Å². The van der Waals surface area contributed by atoms with E-state index in [1.54, 1.807) is 4.90 Å². The van der Waals surface area contributed by atoms with E-state index in [-0.39, 0.29) is 12.3 Å². The van der Waals surface area contributed by atoms with Crippen LogP contribution in [0, 0.1) is 5.92 Å². The molecule has 1 fully saturated rings. The third-order valence-electron chi connectivity index (χ3n) is 2.63. The van der Waals surface area contributed by atoms with Crippen molar-refractivity contribution in [2.45, 2.75) is 26.2 Å². The molecule has 0 bridgehead atoms. The minimum atomic E-state index is -0.453. The number of nitrogens with two attached hydrogens (primary N) is 1. The molecule has 0 aromatic heterocycles.